The van der Waals surface area contributed by atoms with Crippen LogP contribution >= 0.6 is 35.6 Å². The van der Waals surface area contributed by atoms with Gasteiger partial charge >= 0.3 is 0 Å². The first kappa shape index (κ1) is 21.4. The van der Waals surface area contributed by atoms with Crippen LogP contribution in [0.3, 0.4) is 0 Å². The van der Waals surface area contributed by atoms with Crippen molar-refractivity contribution in [1.82, 2.24) is 0 Å². The maximum atomic E-state index is 5.97. The van der Waals surface area contributed by atoms with E-state index in [9.17, 15) is 0 Å². The molecule has 0 bridgehead atoms. The third-order valence-electron chi connectivity index (χ3n) is 3.67. The number of ether oxygens (including phenoxy) is 3. The highest BCUT2D eigenvalue weighted by molar-refractivity contribution is 14.0. The molecular formula is C19H23ClIN3O3. The lowest BCUT2D eigenvalue weighted by atomic mass is 10.3. The molecule has 3 rings (SSSR count). The Bertz CT molecular complexity index is 789. The molecule has 1 heterocycles. The van der Waals surface area contributed by atoms with Gasteiger partial charge in [0.05, 0.1) is 19.8 Å². The Kier molecular flexibility index (Phi) is 8.30. The lowest BCUT2D eigenvalue weighted by Gasteiger charge is -2.14. The molecule has 8 heteroatoms. The first-order chi connectivity index (χ1) is 12.6. The molecule has 0 amide bonds. The van der Waals surface area contributed by atoms with Crippen molar-refractivity contribution in [1.29, 1.82) is 0 Å². The van der Waals surface area contributed by atoms with Crippen LogP contribution in [-0.4, -0.2) is 31.8 Å². The number of halogens is 2. The van der Waals surface area contributed by atoms with Crippen molar-refractivity contribution in [2.24, 2.45) is 10.7 Å². The fraction of sp³-hybridized carbons (Fsp3) is 0.316. The van der Waals surface area contributed by atoms with E-state index in [1.165, 1.54) is 0 Å². The zero-order valence-electron chi connectivity index (χ0n) is 15.0. The van der Waals surface area contributed by atoms with Gasteiger partial charge in [-0.2, -0.15) is 0 Å². The highest BCUT2D eigenvalue weighted by atomic mass is 127. The number of nitrogens with two attached hydrogens (primary N) is 1. The fourth-order valence-corrected chi connectivity index (χ4v) is 2.65. The summed E-state index contributed by atoms with van der Waals surface area (Å²) in [6.45, 7) is 3.63. The van der Waals surface area contributed by atoms with Gasteiger partial charge in [-0.25, -0.2) is 4.99 Å². The molecule has 1 unspecified atom stereocenters. The number of benzene rings is 2. The third-order valence-corrected chi connectivity index (χ3v) is 3.91. The molecule has 0 aromatic heterocycles. The summed E-state index contributed by atoms with van der Waals surface area (Å²) in [6.07, 6.45) is 0.726. The second-order valence-electron chi connectivity index (χ2n) is 5.95. The number of rotatable bonds is 5. The Morgan fingerprint density at radius 1 is 1.22 bits per heavy atom. The van der Waals surface area contributed by atoms with Gasteiger partial charge in [0, 0.05) is 23.2 Å². The monoisotopic (exact) mass is 503 g/mol. The van der Waals surface area contributed by atoms with E-state index in [0.717, 1.165) is 17.9 Å². The molecule has 1 aliphatic heterocycles. The minimum atomic E-state index is -0.141. The lowest BCUT2D eigenvalue weighted by molar-refractivity contribution is 0.230. The Balaban J connectivity index is 0.00000261. The average molecular weight is 504 g/mol. The van der Waals surface area contributed by atoms with Crippen molar-refractivity contribution >= 4 is 47.2 Å². The topological polar surface area (TPSA) is 78.1 Å². The highest BCUT2D eigenvalue weighted by Crippen LogP contribution is 2.32. The van der Waals surface area contributed by atoms with Crippen LogP contribution in [0.25, 0.3) is 0 Å². The van der Waals surface area contributed by atoms with Gasteiger partial charge in [0.2, 0.25) is 0 Å². The average Bonchev–Trinajstić information content (AvgIpc) is 2.85. The molecule has 2 aromatic carbocycles. The molecule has 0 fully saturated rings. The number of fused-ring (bicyclic) bond motifs is 1. The van der Waals surface area contributed by atoms with Crippen LogP contribution in [0.5, 0.6) is 17.2 Å². The molecule has 3 N–H and O–H groups in total. The number of nitrogens with one attached hydrogen (secondary N) is 1. The Labute approximate surface area is 181 Å². The Hall–Kier alpha value is -1.87. The molecule has 27 heavy (non-hydrogen) atoms. The molecular weight excluding hydrogens is 481 g/mol. The molecule has 0 aliphatic carbocycles. The predicted octanol–water partition coefficient (Wildman–Crippen LogP) is 4.31. The minimum Gasteiger partial charge on any atom is -0.490 e. The van der Waals surface area contributed by atoms with Crippen molar-refractivity contribution in [3.8, 4) is 17.2 Å². The molecule has 1 aliphatic rings. The van der Waals surface area contributed by atoms with E-state index in [0.29, 0.717) is 42.2 Å². The molecule has 0 radical (unpaired) electrons. The van der Waals surface area contributed by atoms with Crippen LogP contribution in [0.15, 0.2) is 47.5 Å². The van der Waals surface area contributed by atoms with E-state index in [-0.39, 0.29) is 30.1 Å². The van der Waals surface area contributed by atoms with Gasteiger partial charge < -0.3 is 25.3 Å². The summed E-state index contributed by atoms with van der Waals surface area (Å²) in [4.78, 5) is 4.32. The van der Waals surface area contributed by atoms with Crippen LogP contribution in [-0.2, 0) is 0 Å². The smallest absolute Gasteiger partial charge is 0.193 e. The maximum absolute atomic E-state index is 5.97. The van der Waals surface area contributed by atoms with E-state index in [2.05, 4.69) is 10.3 Å². The summed E-state index contributed by atoms with van der Waals surface area (Å²) >= 11 is 5.95. The standard InChI is InChI=1S/C19H22ClN3O3.HI/c1-13(26-16-5-2-4-14(20)10-16)12-22-19(21)23-15-6-7-17-18(11-15)25-9-3-8-24-17;/h2,4-7,10-11,13H,3,8-9,12H2,1H3,(H3,21,22,23);1H. The van der Waals surface area contributed by atoms with Crippen molar-refractivity contribution < 1.29 is 14.2 Å². The number of hydrogen-bond acceptors (Lipinski definition) is 4. The van der Waals surface area contributed by atoms with Gasteiger partial charge in [-0.3, -0.25) is 0 Å². The predicted molar refractivity (Wildman–Crippen MR) is 119 cm³/mol. The number of anilines is 1. The Morgan fingerprint density at radius 3 is 2.78 bits per heavy atom. The number of nitrogens with zero attached hydrogens (tertiary/aromatic N) is 1. The second kappa shape index (κ2) is 10.5. The zero-order valence-corrected chi connectivity index (χ0v) is 18.1. The second-order valence-corrected chi connectivity index (χ2v) is 6.39. The molecule has 2 aromatic rings. The van der Waals surface area contributed by atoms with Crippen LogP contribution in [0, 0.1) is 0 Å². The lowest BCUT2D eigenvalue weighted by Crippen LogP contribution is -2.25. The third kappa shape index (κ3) is 6.66. The quantitative estimate of drug-likeness (QED) is 0.361. The largest absolute Gasteiger partial charge is 0.490 e. The van der Waals surface area contributed by atoms with Gasteiger partial charge in [0.15, 0.2) is 17.5 Å². The maximum Gasteiger partial charge on any atom is 0.193 e. The molecule has 0 spiro atoms. The summed E-state index contributed by atoms with van der Waals surface area (Å²) < 4.78 is 17.1. The molecule has 1 atom stereocenters. The van der Waals surface area contributed by atoms with Gasteiger partial charge in [-0.05, 0) is 37.3 Å². The summed E-state index contributed by atoms with van der Waals surface area (Å²) in [6, 6.07) is 12.9. The van der Waals surface area contributed by atoms with E-state index >= 15 is 0 Å². The molecule has 0 saturated carbocycles. The van der Waals surface area contributed by atoms with E-state index in [4.69, 9.17) is 31.5 Å². The Morgan fingerprint density at radius 2 is 2.00 bits per heavy atom. The van der Waals surface area contributed by atoms with Gasteiger partial charge in [-0.15, -0.1) is 24.0 Å². The van der Waals surface area contributed by atoms with Gasteiger partial charge in [-0.1, -0.05) is 17.7 Å². The summed E-state index contributed by atoms with van der Waals surface area (Å²) in [5.74, 6) is 2.46. The number of hydrogen-bond donors (Lipinski definition) is 2. The zero-order chi connectivity index (χ0) is 18.4. The van der Waals surface area contributed by atoms with E-state index in [1.807, 2.05) is 37.3 Å². The van der Waals surface area contributed by atoms with Crippen LogP contribution in [0.2, 0.25) is 5.02 Å². The minimum absolute atomic E-state index is 0. The normalized spacial score (nSPS) is 14.5. The van der Waals surface area contributed by atoms with Crippen molar-refractivity contribution in [2.45, 2.75) is 19.4 Å². The summed E-state index contributed by atoms with van der Waals surface area (Å²) in [5, 5.41) is 3.69. The molecule has 0 saturated heterocycles. The molecule has 146 valence electrons. The summed E-state index contributed by atoms with van der Waals surface area (Å²) in [7, 11) is 0. The van der Waals surface area contributed by atoms with E-state index < -0.39 is 0 Å². The number of guanidine groups is 1. The van der Waals surface area contributed by atoms with Crippen LogP contribution in [0.1, 0.15) is 13.3 Å². The fourth-order valence-electron chi connectivity index (χ4n) is 2.47. The van der Waals surface area contributed by atoms with Crippen molar-refractivity contribution in [2.75, 3.05) is 25.1 Å². The first-order valence-electron chi connectivity index (χ1n) is 8.49. The molecule has 6 nitrogen and oxygen atoms in total. The van der Waals surface area contributed by atoms with Crippen molar-refractivity contribution in [3.05, 3.63) is 47.5 Å². The van der Waals surface area contributed by atoms with Crippen LogP contribution < -0.4 is 25.3 Å². The number of aliphatic imine (C=N–C) groups is 1. The van der Waals surface area contributed by atoms with Gasteiger partial charge in [0.25, 0.3) is 0 Å². The van der Waals surface area contributed by atoms with Crippen molar-refractivity contribution in [3.63, 3.8) is 0 Å². The van der Waals surface area contributed by atoms with Crippen LogP contribution in [0.4, 0.5) is 5.69 Å². The highest BCUT2D eigenvalue weighted by Gasteiger charge is 2.11. The van der Waals surface area contributed by atoms with Gasteiger partial charge in [0.1, 0.15) is 11.9 Å². The first-order valence-corrected chi connectivity index (χ1v) is 8.87. The SMILES string of the molecule is CC(CN=C(N)Nc1ccc2c(c1)OCCCO2)Oc1cccc(Cl)c1.I. The van der Waals surface area contributed by atoms with E-state index in [1.54, 1.807) is 12.1 Å². The summed E-state index contributed by atoms with van der Waals surface area (Å²) in [5.41, 5.74) is 6.76.